The molecule has 112 valence electrons. The van der Waals surface area contributed by atoms with E-state index in [-0.39, 0.29) is 36.3 Å². The van der Waals surface area contributed by atoms with Gasteiger partial charge in [0, 0.05) is 19.6 Å². The predicted octanol–water partition coefficient (Wildman–Crippen LogP) is 2.42. The Morgan fingerprint density at radius 3 is 2.70 bits per heavy atom. The van der Waals surface area contributed by atoms with Gasteiger partial charge < -0.3 is 10.4 Å². The first kappa shape index (κ1) is 16.6. The standard InChI is InChI=1S/C15H21F2NO2/c1-15(2,8-9-19)10-18-13(20)7-6-11-4-3-5-12(16)14(11)17/h3-5,19H,6-10H2,1-2H3,(H,18,20). The molecule has 0 atom stereocenters. The number of aliphatic hydroxyl groups is 1. The number of nitrogens with one attached hydrogen (secondary N) is 1. The number of aliphatic hydroxyl groups excluding tert-OH is 1. The summed E-state index contributed by atoms with van der Waals surface area (Å²) < 4.78 is 26.4. The van der Waals surface area contributed by atoms with Crippen LogP contribution < -0.4 is 5.32 Å². The summed E-state index contributed by atoms with van der Waals surface area (Å²) in [6, 6.07) is 3.95. The topological polar surface area (TPSA) is 49.3 Å². The highest BCUT2D eigenvalue weighted by atomic mass is 19.2. The molecule has 0 aromatic heterocycles. The number of hydrogen-bond acceptors (Lipinski definition) is 2. The second-order valence-corrected chi connectivity index (χ2v) is 5.63. The van der Waals surface area contributed by atoms with Crippen molar-refractivity contribution in [3.63, 3.8) is 0 Å². The van der Waals surface area contributed by atoms with E-state index in [9.17, 15) is 13.6 Å². The first-order valence-corrected chi connectivity index (χ1v) is 6.66. The van der Waals surface area contributed by atoms with Crippen molar-refractivity contribution in [2.75, 3.05) is 13.2 Å². The van der Waals surface area contributed by atoms with Gasteiger partial charge in [-0.3, -0.25) is 4.79 Å². The van der Waals surface area contributed by atoms with Crippen molar-refractivity contribution in [3.8, 4) is 0 Å². The number of halogens is 2. The monoisotopic (exact) mass is 285 g/mol. The van der Waals surface area contributed by atoms with Gasteiger partial charge in [0.25, 0.3) is 0 Å². The number of carbonyl (C=O) groups is 1. The Labute approximate surface area is 118 Å². The van der Waals surface area contributed by atoms with Crippen LogP contribution in [-0.2, 0) is 11.2 Å². The molecular weight excluding hydrogens is 264 g/mol. The lowest BCUT2D eigenvalue weighted by Gasteiger charge is -2.23. The van der Waals surface area contributed by atoms with Gasteiger partial charge in [-0.1, -0.05) is 26.0 Å². The zero-order valence-corrected chi connectivity index (χ0v) is 11.9. The fourth-order valence-corrected chi connectivity index (χ4v) is 1.81. The lowest BCUT2D eigenvalue weighted by molar-refractivity contribution is -0.121. The van der Waals surface area contributed by atoms with Crippen molar-refractivity contribution in [3.05, 3.63) is 35.4 Å². The number of amides is 1. The largest absolute Gasteiger partial charge is 0.396 e. The van der Waals surface area contributed by atoms with Crippen LogP contribution in [0.4, 0.5) is 8.78 Å². The van der Waals surface area contributed by atoms with Crippen LogP contribution in [0.1, 0.15) is 32.3 Å². The minimum absolute atomic E-state index is 0.0668. The van der Waals surface area contributed by atoms with Gasteiger partial charge in [-0.25, -0.2) is 8.78 Å². The zero-order valence-electron chi connectivity index (χ0n) is 11.9. The summed E-state index contributed by atoms with van der Waals surface area (Å²) in [5.74, 6) is -1.99. The summed E-state index contributed by atoms with van der Waals surface area (Å²) in [6.07, 6.45) is 0.858. The van der Waals surface area contributed by atoms with E-state index >= 15 is 0 Å². The van der Waals surface area contributed by atoms with E-state index in [0.29, 0.717) is 13.0 Å². The normalized spacial score (nSPS) is 11.4. The van der Waals surface area contributed by atoms with Gasteiger partial charge in [0.1, 0.15) is 0 Å². The maximum absolute atomic E-state index is 13.4. The second kappa shape index (κ2) is 7.33. The van der Waals surface area contributed by atoms with Crippen LogP contribution in [0.15, 0.2) is 18.2 Å². The Bertz CT molecular complexity index is 461. The molecule has 0 aliphatic rings. The van der Waals surface area contributed by atoms with Gasteiger partial charge in [-0.15, -0.1) is 0 Å². The molecule has 0 fully saturated rings. The smallest absolute Gasteiger partial charge is 0.220 e. The van der Waals surface area contributed by atoms with E-state index in [1.54, 1.807) is 0 Å². The summed E-state index contributed by atoms with van der Waals surface area (Å²) in [6.45, 7) is 4.39. The molecule has 0 unspecified atom stereocenters. The molecule has 1 rings (SSSR count). The molecule has 0 spiro atoms. The number of hydrogen-bond donors (Lipinski definition) is 2. The number of aryl methyl sites for hydroxylation is 1. The fourth-order valence-electron chi connectivity index (χ4n) is 1.81. The van der Waals surface area contributed by atoms with Gasteiger partial charge in [-0.2, -0.15) is 0 Å². The van der Waals surface area contributed by atoms with Crippen molar-refractivity contribution in [2.45, 2.75) is 33.1 Å². The van der Waals surface area contributed by atoms with E-state index in [0.717, 1.165) is 6.07 Å². The van der Waals surface area contributed by atoms with Crippen LogP contribution in [0, 0.1) is 17.0 Å². The van der Waals surface area contributed by atoms with E-state index < -0.39 is 11.6 Å². The average Bonchev–Trinajstić information content (AvgIpc) is 2.38. The third kappa shape index (κ3) is 5.25. The molecule has 0 aliphatic heterocycles. The Balaban J connectivity index is 2.42. The number of benzene rings is 1. The molecule has 0 bridgehead atoms. The second-order valence-electron chi connectivity index (χ2n) is 5.63. The van der Waals surface area contributed by atoms with Crippen LogP contribution in [0.25, 0.3) is 0 Å². The van der Waals surface area contributed by atoms with E-state index in [1.807, 2.05) is 13.8 Å². The van der Waals surface area contributed by atoms with E-state index in [4.69, 9.17) is 5.11 Å². The van der Waals surface area contributed by atoms with E-state index in [1.165, 1.54) is 12.1 Å². The Morgan fingerprint density at radius 1 is 1.35 bits per heavy atom. The van der Waals surface area contributed by atoms with Crippen LogP contribution >= 0.6 is 0 Å². The minimum atomic E-state index is -0.896. The molecule has 2 N–H and O–H groups in total. The third-order valence-electron chi connectivity index (χ3n) is 3.21. The van der Waals surface area contributed by atoms with Crippen molar-refractivity contribution >= 4 is 5.91 Å². The van der Waals surface area contributed by atoms with Crippen molar-refractivity contribution < 1.29 is 18.7 Å². The Hall–Kier alpha value is -1.49. The SMILES string of the molecule is CC(C)(CCO)CNC(=O)CCc1cccc(F)c1F. The molecule has 0 saturated carbocycles. The third-order valence-corrected chi connectivity index (χ3v) is 3.21. The molecule has 0 aliphatic carbocycles. The van der Waals surface area contributed by atoms with Gasteiger partial charge in [0.05, 0.1) is 0 Å². The first-order valence-electron chi connectivity index (χ1n) is 6.66. The van der Waals surface area contributed by atoms with Gasteiger partial charge in [-0.05, 0) is 29.9 Å². The first-order chi connectivity index (χ1) is 9.35. The molecule has 3 nitrogen and oxygen atoms in total. The molecule has 1 amide bonds. The van der Waals surface area contributed by atoms with Crippen molar-refractivity contribution in [1.29, 1.82) is 0 Å². The van der Waals surface area contributed by atoms with Crippen LogP contribution in [0.3, 0.4) is 0 Å². The summed E-state index contributed by atoms with van der Waals surface area (Å²) in [5.41, 5.74) is 0.0175. The lowest BCUT2D eigenvalue weighted by atomic mass is 9.90. The molecule has 0 radical (unpaired) electrons. The summed E-state index contributed by atoms with van der Waals surface area (Å²) in [5, 5.41) is 11.6. The summed E-state index contributed by atoms with van der Waals surface area (Å²) in [4.78, 5) is 11.7. The van der Waals surface area contributed by atoms with E-state index in [2.05, 4.69) is 5.32 Å². The highest BCUT2D eigenvalue weighted by Crippen LogP contribution is 2.18. The minimum Gasteiger partial charge on any atom is -0.396 e. The lowest BCUT2D eigenvalue weighted by Crippen LogP contribution is -2.34. The van der Waals surface area contributed by atoms with Crippen molar-refractivity contribution in [2.24, 2.45) is 5.41 Å². The number of rotatable bonds is 7. The van der Waals surface area contributed by atoms with Crippen molar-refractivity contribution in [1.82, 2.24) is 5.32 Å². The van der Waals surface area contributed by atoms with Gasteiger partial charge in [0.15, 0.2) is 11.6 Å². The highest BCUT2D eigenvalue weighted by molar-refractivity contribution is 5.76. The summed E-state index contributed by atoms with van der Waals surface area (Å²) in [7, 11) is 0. The molecule has 0 saturated heterocycles. The van der Waals surface area contributed by atoms with Crippen LogP contribution in [0.5, 0.6) is 0 Å². The predicted molar refractivity (Wildman–Crippen MR) is 73.2 cm³/mol. The van der Waals surface area contributed by atoms with Crippen LogP contribution in [0.2, 0.25) is 0 Å². The fraction of sp³-hybridized carbons (Fsp3) is 0.533. The van der Waals surface area contributed by atoms with Gasteiger partial charge in [0.2, 0.25) is 5.91 Å². The Morgan fingerprint density at radius 2 is 2.05 bits per heavy atom. The Kier molecular flexibility index (Phi) is 6.07. The number of carbonyl (C=O) groups excluding carboxylic acids is 1. The van der Waals surface area contributed by atoms with Gasteiger partial charge >= 0.3 is 0 Å². The average molecular weight is 285 g/mol. The summed E-state index contributed by atoms with van der Waals surface area (Å²) >= 11 is 0. The molecule has 20 heavy (non-hydrogen) atoms. The molecule has 1 aromatic rings. The quantitative estimate of drug-likeness (QED) is 0.808. The molecule has 1 aromatic carbocycles. The zero-order chi connectivity index (χ0) is 15.2. The highest BCUT2D eigenvalue weighted by Gasteiger charge is 2.18. The maximum Gasteiger partial charge on any atom is 0.220 e. The van der Waals surface area contributed by atoms with Crippen LogP contribution in [-0.4, -0.2) is 24.2 Å². The molecule has 0 heterocycles. The maximum atomic E-state index is 13.4. The molecule has 5 heteroatoms. The molecular formula is C15H21F2NO2.